The van der Waals surface area contributed by atoms with Gasteiger partial charge >= 0.3 is 24.3 Å². The highest BCUT2D eigenvalue weighted by Crippen LogP contribution is 2.46. The Balaban J connectivity index is 0.977. The van der Waals surface area contributed by atoms with Crippen LogP contribution in [-0.4, -0.2) is 82.9 Å². The van der Waals surface area contributed by atoms with Gasteiger partial charge in [0, 0.05) is 72.8 Å². The lowest BCUT2D eigenvalue weighted by Gasteiger charge is -2.47. The van der Waals surface area contributed by atoms with E-state index < -0.39 is 71.5 Å². The predicted octanol–water partition coefficient (Wildman–Crippen LogP) is 10.1. The molecule has 2 saturated heterocycles. The van der Waals surface area contributed by atoms with Crippen LogP contribution in [0.4, 0.5) is 37.7 Å². The van der Waals surface area contributed by atoms with Crippen molar-refractivity contribution in [2.24, 2.45) is 0 Å². The van der Waals surface area contributed by atoms with E-state index in [1.165, 1.54) is 56.7 Å². The second-order valence-electron chi connectivity index (χ2n) is 17.8. The van der Waals surface area contributed by atoms with Gasteiger partial charge in [-0.2, -0.15) is 26.3 Å². The number of esters is 2. The van der Waals surface area contributed by atoms with Crippen LogP contribution in [0.2, 0.25) is 0 Å². The van der Waals surface area contributed by atoms with E-state index >= 15 is 0 Å². The van der Waals surface area contributed by atoms with Crippen molar-refractivity contribution in [1.29, 1.82) is 0 Å². The number of amides is 2. The van der Waals surface area contributed by atoms with Gasteiger partial charge in [0.1, 0.15) is 21.1 Å². The third kappa shape index (κ3) is 11.4. The van der Waals surface area contributed by atoms with E-state index in [-0.39, 0.29) is 76.1 Å². The molecule has 2 aliphatic heterocycles. The van der Waals surface area contributed by atoms with Crippen LogP contribution in [-0.2, 0) is 65.2 Å². The molecule has 72 heavy (non-hydrogen) atoms. The van der Waals surface area contributed by atoms with Crippen molar-refractivity contribution in [3.63, 3.8) is 0 Å². The van der Waals surface area contributed by atoms with Crippen molar-refractivity contribution >= 4 is 57.8 Å². The van der Waals surface area contributed by atoms with Gasteiger partial charge in [-0.05, 0) is 87.1 Å². The molecule has 0 spiro atoms. The number of likely N-dealkylation sites (tertiary alicyclic amines) is 2. The normalized spacial score (nSPS) is 16.2. The van der Waals surface area contributed by atoms with Crippen LogP contribution >= 0.6 is 22.7 Å². The molecule has 0 unspecified atom stereocenters. The number of carbonyl (C=O) groups excluding carboxylic acids is 4. The first-order chi connectivity index (χ1) is 34.4. The molecule has 0 atom stereocenters. The predicted molar refractivity (Wildman–Crippen MR) is 259 cm³/mol. The number of rotatable bonds is 14. The lowest BCUT2D eigenvalue weighted by atomic mass is 9.84. The molecule has 2 fully saturated rings. The Morgan fingerprint density at radius 2 is 0.875 bits per heavy atom. The molecule has 4 heterocycles. The maximum Gasteiger partial charge on any atom is 0.418 e. The van der Waals surface area contributed by atoms with Crippen LogP contribution in [0.5, 0.6) is 0 Å². The fraction of sp³-hybridized carbons (Fsp3) is 0.346. The molecule has 0 saturated carbocycles. The number of aryl methyl sites for hydroxylation is 2. The minimum atomic E-state index is -4.54. The summed E-state index contributed by atoms with van der Waals surface area (Å²) in [5.74, 6) is -4.51. The van der Waals surface area contributed by atoms with Crippen molar-refractivity contribution in [3.8, 4) is 0 Å². The molecular formula is C52H50F6N6O6S2. The number of anilines is 2. The van der Waals surface area contributed by atoms with Gasteiger partial charge in [-0.25, -0.2) is 19.6 Å². The lowest BCUT2D eigenvalue weighted by Crippen LogP contribution is -2.57. The minimum absolute atomic E-state index is 0.0151. The fourth-order valence-electron chi connectivity index (χ4n) is 9.63. The van der Waals surface area contributed by atoms with Crippen LogP contribution in [0.1, 0.15) is 69.3 Å². The van der Waals surface area contributed by atoms with Gasteiger partial charge in [-0.1, -0.05) is 72.8 Å². The molecule has 0 aliphatic carbocycles. The highest BCUT2D eigenvalue weighted by molar-refractivity contribution is 7.10. The number of aromatic nitrogens is 2. The molecule has 6 aromatic rings. The molecule has 8 rings (SSSR count). The third-order valence-electron chi connectivity index (χ3n) is 13.0. The lowest BCUT2D eigenvalue weighted by molar-refractivity contribution is -0.169. The number of thiazole rings is 2. The number of nitrogens with zero attached hydrogens (tertiary/aromatic N) is 6. The molecule has 0 N–H and O–H groups in total. The number of carbonyl (C=O) groups is 4. The molecule has 2 aromatic heterocycles. The Morgan fingerprint density at radius 1 is 0.542 bits per heavy atom. The first-order valence-corrected chi connectivity index (χ1v) is 24.8. The average molecular weight is 1030 g/mol. The van der Waals surface area contributed by atoms with E-state index in [1.54, 1.807) is 86.6 Å². The molecule has 20 heteroatoms. The zero-order chi connectivity index (χ0) is 51.3. The van der Waals surface area contributed by atoms with E-state index in [9.17, 15) is 45.5 Å². The summed E-state index contributed by atoms with van der Waals surface area (Å²) in [6, 6.07) is 28.0. The summed E-state index contributed by atoms with van der Waals surface area (Å²) in [7, 11) is 0. The number of hydrogen-bond acceptors (Lipinski definition) is 12. The van der Waals surface area contributed by atoms with Gasteiger partial charge in [0.05, 0.1) is 11.1 Å². The van der Waals surface area contributed by atoms with Gasteiger partial charge in [-0.15, -0.1) is 22.7 Å². The Labute approximate surface area is 419 Å². The van der Waals surface area contributed by atoms with Crippen molar-refractivity contribution in [2.45, 2.75) is 76.1 Å². The zero-order valence-electron chi connectivity index (χ0n) is 39.2. The summed E-state index contributed by atoms with van der Waals surface area (Å²) in [4.78, 5) is 72.2. The minimum Gasteiger partial charge on any atom is -0.447 e. The Morgan fingerprint density at radius 3 is 1.19 bits per heavy atom. The summed E-state index contributed by atoms with van der Waals surface area (Å²) in [5.41, 5.74) is -1.24. The Hall–Kier alpha value is -6.48. The molecular weight excluding hydrogens is 983 g/mol. The largest absolute Gasteiger partial charge is 0.447 e. The summed E-state index contributed by atoms with van der Waals surface area (Å²) in [6.45, 7) is 2.91. The van der Waals surface area contributed by atoms with Crippen molar-refractivity contribution < 1.29 is 55.0 Å². The second kappa shape index (κ2) is 21.7. The number of benzene rings is 4. The average Bonchev–Trinajstić information content (AvgIpc) is 4.02. The van der Waals surface area contributed by atoms with E-state index in [4.69, 9.17) is 19.4 Å². The topological polar surface area (TPSA) is 125 Å². The smallest absolute Gasteiger partial charge is 0.418 e. The zero-order valence-corrected chi connectivity index (χ0v) is 40.9. The number of para-hydroxylation sites is 2. The van der Waals surface area contributed by atoms with Crippen LogP contribution in [0, 0.1) is 13.8 Å². The van der Waals surface area contributed by atoms with Gasteiger partial charge in [-0.3, -0.25) is 29.2 Å². The number of hydrogen-bond donors (Lipinski definition) is 0. The molecule has 378 valence electrons. The maximum atomic E-state index is 14.5. The van der Waals surface area contributed by atoms with Gasteiger partial charge in [0.15, 0.2) is 13.2 Å². The number of halogens is 6. The summed E-state index contributed by atoms with van der Waals surface area (Å²) >= 11 is 2.65. The second-order valence-corrected chi connectivity index (χ2v) is 19.5. The highest BCUT2D eigenvalue weighted by atomic mass is 32.1. The van der Waals surface area contributed by atoms with E-state index in [1.807, 2.05) is 20.6 Å². The van der Waals surface area contributed by atoms with E-state index in [2.05, 4.69) is 0 Å². The highest BCUT2D eigenvalue weighted by Gasteiger charge is 2.49. The Bertz CT molecular complexity index is 2670. The van der Waals surface area contributed by atoms with Crippen molar-refractivity contribution in [2.75, 3.05) is 49.2 Å². The molecule has 2 amide bonds. The van der Waals surface area contributed by atoms with E-state index in [0.717, 1.165) is 12.1 Å². The van der Waals surface area contributed by atoms with Crippen LogP contribution in [0.3, 0.4) is 0 Å². The molecule has 0 bridgehead atoms. The third-order valence-corrected chi connectivity index (χ3v) is 15.3. The summed E-state index contributed by atoms with van der Waals surface area (Å²) < 4.78 is 94.3. The molecule has 0 radical (unpaired) electrons. The Kier molecular flexibility index (Phi) is 15.6. The van der Waals surface area contributed by atoms with Gasteiger partial charge in [0.2, 0.25) is 0 Å². The molecule has 4 aromatic carbocycles. The fourth-order valence-corrected chi connectivity index (χ4v) is 11.7. The quantitative estimate of drug-likeness (QED) is 0.0592. The maximum absolute atomic E-state index is 14.5. The van der Waals surface area contributed by atoms with E-state index in [0.29, 0.717) is 32.8 Å². The standard InChI is InChI=1S/C52H50F6N6O6S2/c1-35-33-71-47(59-35)49(21-25-61(26-22-49)29-37-13-9-11-19-41(37)51(53,54)55)63(39-15-5-3-6-16-39)43(65)31-69-45(67)46(68)70-32-44(66)64(40-17-7-4-8-18-40)50(48-60-36(2)34-72-48)23-27-62(28-24-50)30-38-14-10-12-20-42(38)52(56,57)58/h3-20,33-34H,21-32H2,1-2H3. The molecule has 2 aliphatic rings. The molecule has 12 nitrogen and oxygen atoms in total. The van der Waals surface area contributed by atoms with Crippen LogP contribution in [0.25, 0.3) is 0 Å². The summed E-state index contributed by atoms with van der Waals surface area (Å²) in [5, 5.41) is 4.81. The van der Waals surface area contributed by atoms with Crippen molar-refractivity contribution in [3.05, 3.63) is 164 Å². The van der Waals surface area contributed by atoms with Gasteiger partial charge < -0.3 is 9.47 Å². The summed E-state index contributed by atoms with van der Waals surface area (Å²) in [6.07, 6.45) is -8.10. The number of ether oxygens (including phenoxy) is 2. The van der Waals surface area contributed by atoms with Crippen LogP contribution in [0.15, 0.2) is 120 Å². The first kappa shape index (κ1) is 51.9. The SMILES string of the molecule is Cc1csc(C2(N(C(=O)COC(=O)C(=O)OCC(=O)N(c3ccccc3)C3(c4nc(C)cs4)CCN(Cc4ccccc4C(F)(F)F)CC3)c3ccccc3)CCN(Cc3ccccc3C(F)(F)F)CC2)n1. The monoisotopic (exact) mass is 1030 g/mol. The van der Waals surface area contributed by atoms with Crippen LogP contribution < -0.4 is 9.80 Å². The van der Waals surface area contributed by atoms with Gasteiger partial charge in [0.25, 0.3) is 11.8 Å². The number of alkyl halides is 6. The number of piperidine rings is 2. The van der Waals surface area contributed by atoms with Crippen molar-refractivity contribution in [1.82, 2.24) is 19.8 Å². The first-order valence-electron chi connectivity index (χ1n) is 23.1.